The van der Waals surface area contributed by atoms with Crippen LogP contribution in [-0.4, -0.2) is 10.4 Å². The summed E-state index contributed by atoms with van der Waals surface area (Å²) >= 11 is 0. The second-order valence-electron chi connectivity index (χ2n) is 3.97. The minimum Gasteiger partial charge on any atom is -0.311 e. The molecule has 2 aromatic rings. The molecule has 0 aliphatic rings. The van der Waals surface area contributed by atoms with Gasteiger partial charge < -0.3 is 4.57 Å². The van der Waals surface area contributed by atoms with E-state index in [1.807, 2.05) is 24.3 Å². The van der Waals surface area contributed by atoms with Crippen LogP contribution < -0.4 is 5.56 Å². The molecule has 0 aliphatic carbocycles. The molecule has 1 heterocycles. The number of carbonyl (C=O) groups excluding carboxylic acids is 1. The van der Waals surface area contributed by atoms with Crippen molar-refractivity contribution in [2.24, 2.45) is 7.05 Å². The van der Waals surface area contributed by atoms with Gasteiger partial charge in [-0.3, -0.25) is 9.59 Å². The van der Waals surface area contributed by atoms with Gasteiger partial charge in [-0.15, -0.1) is 0 Å². The number of hydrogen-bond donors (Lipinski definition) is 0. The van der Waals surface area contributed by atoms with E-state index in [1.54, 1.807) is 17.7 Å². The number of aromatic nitrogens is 1. The molecular formula is C13H13NO2. The maximum Gasteiger partial charge on any atom is 0.254 e. The number of aryl methyl sites for hydroxylation is 1. The number of para-hydroxylation sites is 1. The Bertz CT molecular complexity index is 611. The van der Waals surface area contributed by atoms with Crippen LogP contribution in [0.4, 0.5) is 0 Å². The van der Waals surface area contributed by atoms with Gasteiger partial charge in [-0.25, -0.2) is 0 Å². The largest absolute Gasteiger partial charge is 0.311 e. The minimum absolute atomic E-state index is 0.00683. The molecule has 0 bridgehead atoms. The molecule has 0 spiro atoms. The summed E-state index contributed by atoms with van der Waals surface area (Å²) in [7, 11) is 1.73. The fourth-order valence-electron chi connectivity index (χ4n) is 1.88. The molecule has 0 saturated carbocycles. The van der Waals surface area contributed by atoms with Gasteiger partial charge in [0.1, 0.15) is 5.78 Å². The van der Waals surface area contributed by atoms with Gasteiger partial charge in [0.25, 0.3) is 5.56 Å². The Balaban J connectivity index is 2.74. The third kappa shape index (κ3) is 1.76. The zero-order valence-corrected chi connectivity index (χ0v) is 9.36. The zero-order valence-electron chi connectivity index (χ0n) is 9.36. The van der Waals surface area contributed by atoms with E-state index in [9.17, 15) is 9.59 Å². The molecule has 0 N–H and O–H groups in total. The lowest BCUT2D eigenvalue weighted by Gasteiger charge is -2.07. The van der Waals surface area contributed by atoms with Gasteiger partial charge in [0.2, 0.25) is 0 Å². The molecule has 0 atom stereocenters. The summed E-state index contributed by atoms with van der Waals surface area (Å²) in [6, 6.07) is 9.46. The van der Waals surface area contributed by atoms with Gasteiger partial charge in [-0.2, -0.15) is 0 Å². The maximum absolute atomic E-state index is 11.9. The van der Waals surface area contributed by atoms with Gasteiger partial charge in [-0.1, -0.05) is 18.2 Å². The molecular weight excluding hydrogens is 202 g/mol. The van der Waals surface area contributed by atoms with Crippen molar-refractivity contribution in [2.75, 3.05) is 0 Å². The highest BCUT2D eigenvalue weighted by molar-refractivity contribution is 5.82. The van der Waals surface area contributed by atoms with Crippen LogP contribution in [0.25, 0.3) is 10.9 Å². The number of pyridine rings is 1. The molecule has 82 valence electrons. The Morgan fingerprint density at radius 1 is 1.31 bits per heavy atom. The molecule has 0 unspecified atom stereocenters. The Kier molecular flexibility index (Phi) is 2.60. The first-order chi connectivity index (χ1) is 7.59. The van der Waals surface area contributed by atoms with Crippen LogP contribution in [0.15, 0.2) is 35.1 Å². The van der Waals surface area contributed by atoms with Crippen LogP contribution in [-0.2, 0) is 18.3 Å². The molecule has 3 heteroatoms. The lowest BCUT2D eigenvalue weighted by molar-refractivity contribution is -0.116. The number of ketones is 1. The highest BCUT2D eigenvalue weighted by atomic mass is 16.1. The zero-order chi connectivity index (χ0) is 11.7. The highest BCUT2D eigenvalue weighted by Crippen LogP contribution is 2.12. The van der Waals surface area contributed by atoms with E-state index in [2.05, 4.69) is 0 Å². The first-order valence-corrected chi connectivity index (χ1v) is 5.16. The van der Waals surface area contributed by atoms with Crippen LogP contribution in [0.1, 0.15) is 12.5 Å². The van der Waals surface area contributed by atoms with Gasteiger partial charge in [0, 0.05) is 19.0 Å². The topological polar surface area (TPSA) is 39.1 Å². The van der Waals surface area contributed by atoms with E-state index in [-0.39, 0.29) is 17.8 Å². The van der Waals surface area contributed by atoms with Crippen LogP contribution in [0.2, 0.25) is 0 Å². The van der Waals surface area contributed by atoms with Crippen molar-refractivity contribution >= 4 is 16.7 Å². The van der Waals surface area contributed by atoms with Crippen LogP contribution >= 0.6 is 0 Å². The molecule has 0 aliphatic heterocycles. The molecule has 16 heavy (non-hydrogen) atoms. The third-order valence-corrected chi connectivity index (χ3v) is 2.65. The van der Waals surface area contributed by atoms with Crippen molar-refractivity contribution in [3.05, 3.63) is 46.2 Å². The molecule has 0 saturated heterocycles. The lowest BCUT2D eigenvalue weighted by Crippen LogP contribution is -2.22. The Morgan fingerprint density at radius 2 is 2.00 bits per heavy atom. The summed E-state index contributed by atoms with van der Waals surface area (Å²) in [5, 5.41) is 0.987. The van der Waals surface area contributed by atoms with Crippen molar-refractivity contribution in [1.29, 1.82) is 0 Å². The maximum atomic E-state index is 11.9. The van der Waals surface area contributed by atoms with Crippen LogP contribution in [0.3, 0.4) is 0 Å². The van der Waals surface area contributed by atoms with E-state index in [0.717, 1.165) is 10.9 Å². The molecule has 2 rings (SSSR count). The standard InChI is InChI=1S/C13H13NO2/c1-9(15)7-11-8-10-5-3-4-6-12(10)14(2)13(11)16/h3-6,8H,7H2,1-2H3. The van der Waals surface area contributed by atoms with Gasteiger partial charge in [0.15, 0.2) is 0 Å². The number of nitrogens with zero attached hydrogens (tertiary/aromatic N) is 1. The normalized spacial score (nSPS) is 10.6. The highest BCUT2D eigenvalue weighted by Gasteiger charge is 2.07. The quantitative estimate of drug-likeness (QED) is 0.764. The summed E-state index contributed by atoms with van der Waals surface area (Å²) in [5.41, 5.74) is 1.36. The van der Waals surface area contributed by atoms with E-state index in [4.69, 9.17) is 0 Å². The monoisotopic (exact) mass is 215 g/mol. The Morgan fingerprint density at radius 3 is 2.69 bits per heavy atom. The average molecular weight is 215 g/mol. The number of benzene rings is 1. The number of fused-ring (bicyclic) bond motifs is 1. The molecule has 0 radical (unpaired) electrons. The van der Waals surface area contributed by atoms with Gasteiger partial charge in [-0.05, 0) is 24.4 Å². The summed E-state index contributed by atoms with van der Waals surface area (Å²) < 4.78 is 1.59. The van der Waals surface area contributed by atoms with E-state index in [1.165, 1.54) is 6.92 Å². The van der Waals surface area contributed by atoms with Crippen LogP contribution in [0, 0.1) is 0 Å². The predicted molar refractivity (Wildman–Crippen MR) is 63.6 cm³/mol. The molecule has 0 fully saturated rings. The van der Waals surface area contributed by atoms with E-state index < -0.39 is 0 Å². The van der Waals surface area contributed by atoms with E-state index >= 15 is 0 Å². The van der Waals surface area contributed by atoms with Crippen molar-refractivity contribution in [3.63, 3.8) is 0 Å². The van der Waals surface area contributed by atoms with Crippen molar-refractivity contribution in [2.45, 2.75) is 13.3 Å². The average Bonchev–Trinajstić information content (AvgIpc) is 2.25. The second kappa shape index (κ2) is 3.93. The fourth-order valence-corrected chi connectivity index (χ4v) is 1.88. The SMILES string of the molecule is CC(=O)Cc1cc2ccccc2n(C)c1=O. The summed E-state index contributed by atoms with van der Waals surface area (Å²) in [6.45, 7) is 1.49. The fraction of sp³-hybridized carbons (Fsp3) is 0.231. The number of Topliss-reactive ketones (excluding diaryl/α,β-unsaturated/α-hetero) is 1. The third-order valence-electron chi connectivity index (χ3n) is 2.65. The second-order valence-corrected chi connectivity index (χ2v) is 3.97. The van der Waals surface area contributed by atoms with Crippen molar-refractivity contribution < 1.29 is 4.79 Å². The Labute approximate surface area is 93.3 Å². The summed E-state index contributed by atoms with van der Waals surface area (Å²) in [5.74, 6) is 0.00683. The first-order valence-electron chi connectivity index (χ1n) is 5.16. The molecule has 1 aromatic heterocycles. The Hall–Kier alpha value is -1.90. The number of hydrogen-bond acceptors (Lipinski definition) is 2. The predicted octanol–water partition coefficient (Wildman–Crippen LogP) is 1.67. The van der Waals surface area contributed by atoms with E-state index in [0.29, 0.717) is 5.56 Å². The van der Waals surface area contributed by atoms with Crippen LogP contribution in [0.5, 0.6) is 0 Å². The molecule has 0 amide bonds. The van der Waals surface area contributed by atoms with Gasteiger partial charge in [0.05, 0.1) is 5.52 Å². The smallest absolute Gasteiger partial charge is 0.254 e. The molecule has 3 nitrogen and oxygen atoms in total. The first kappa shape index (κ1) is 10.6. The van der Waals surface area contributed by atoms with Crippen molar-refractivity contribution in [3.8, 4) is 0 Å². The number of rotatable bonds is 2. The van der Waals surface area contributed by atoms with Gasteiger partial charge >= 0.3 is 0 Å². The molecule has 1 aromatic carbocycles. The minimum atomic E-state index is -0.0890. The summed E-state index contributed by atoms with van der Waals surface area (Å²) in [6.07, 6.45) is 0.206. The lowest BCUT2D eigenvalue weighted by atomic mass is 10.1. The van der Waals surface area contributed by atoms with Crippen molar-refractivity contribution in [1.82, 2.24) is 4.57 Å². The number of carbonyl (C=O) groups is 1. The summed E-state index contributed by atoms with van der Waals surface area (Å²) in [4.78, 5) is 23.0.